The third-order valence-corrected chi connectivity index (χ3v) is 7.44. The van der Waals surface area contributed by atoms with Crippen molar-refractivity contribution in [3.63, 3.8) is 0 Å². The monoisotopic (exact) mass is 518 g/mol. The molecule has 1 aromatic carbocycles. The summed E-state index contributed by atoms with van der Waals surface area (Å²) in [6.07, 6.45) is 4.42. The minimum Gasteiger partial charge on any atom is -0.356 e. The summed E-state index contributed by atoms with van der Waals surface area (Å²) in [5.41, 5.74) is 2.20. The molecule has 7 nitrogen and oxygen atoms in total. The van der Waals surface area contributed by atoms with E-state index in [9.17, 15) is 17.6 Å². The molecule has 1 aromatic heterocycles. The van der Waals surface area contributed by atoms with Gasteiger partial charge in [0, 0.05) is 36.3 Å². The Balaban J connectivity index is 1.75. The van der Waals surface area contributed by atoms with Crippen molar-refractivity contribution in [1.29, 1.82) is 0 Å². The lowest BCUT2D eigenvalue weighted by Gasteiger charge is -2.34. The van der Waals surface area contributed by atoms with Gasteiger partial charge in [0.1, 0.15) is 11.6 Å². The number of hydrogen-bond donors (Lipinski definition) is 2. The molecule has 2 aromatic rings. The first-order valence-corrected chi connectivity index (χ1v) is 14.5. The Morgan fingerprint density at radius 3 is 2.42 bits per heavy atom. The van der Waals surface area contributed by atoms with Crippen molar-refractivity contribution in [3.05, 3.63) is 53.0 Å². The van der Waals surface area contributed by atoms with E-state index in [0.29, 0.717) is 12.1 Å². The number of anilines is 2. The summed E-state index contributed by atoms with van der Waals surface area (Å²) in [5.74, 6) is 0.0889. The molecule has 1 aliphatic heterocycles. The number of carbonyl (C=O) groups is 1. The zero-order chi connectivity index (χ0) is 26.7. The highest BCUT2D eigenvalue weighted by Crippen LogP contribution is 2.30. The fraction of sp³-hybridized carbons (Fsp3) is 0.556. The summed E-state index contributed by atoms with van der Waals surface area (Å²) in [6, 6.07) is 8.16. The summed E-state index contributed by atoms with van der Waals surface area (Å²) in [6.45, 7) is 12.6. The van der Waals surface area contributed by atoms with Crippen LogP contribution in [0.2, 0.25) is 0 Å². The Bertz CT molecular complexity index is 1190. The number of amides is 1. The lowest BCUT2D eigenvalue weighted by molar-refractivity contribution is -0.122. The molecule has 0 bridgehead atoms. The molecule has 2 heterocycles. The van der Waals surface area contributed by atoms with E-state index in [0.717, 1.165) is 55.2 Å². The SMILES string of the molecule is CCC1CCN(c2nc(C(C)(C)C)ccc2CNC(=O)C(C)c2ccc(NS(C)(=O)=O)c(F)c2)CC1. The number of piperidine rings is 1. The molecule has 2 N–H and O–H groups in total. The van der Waals surface area contributed by atoms with Crippen LogP contribution in [0.3, 0.4) is 0 Å². The first-order chi connectivity index (χ1) is 16.8. The largest absolute Gasteiger partial charge is 0.356 e. The zero-order valence-corrected chi connectivity index (χ0v) is 23.0. The predicted octanol–water partition coefficient (Wildman–Crippen LogP) is 4.94. The van der Waals surface area contributed by atoms with Crippen LogP contribution < -0.4 is 14.9 Å². The molecule has 0 saturated carbocycles. The van der Waals surface area contributed by atoms with Gasteiger partial charge in [0.15, 0.2) is 0 Å². The van der Waals surface area contributed by atoms with Gasteiger partial charge in [-0.25, -0.2) is 17.8 Å². The highest BCUT2D eigenvalue weighted by atomic mass is 32.2. The summed E-state index contributed by atoms with van der Waals surface area (Å²) in [5, 5.41) is 2.99. The first kappa shape index (κ1) is 27.9. The Morgan fingerprint density at radius 2 is 1.86 bits per heavy atom. The molecule has 1 unspecified atom stereocenters. The van der Waals surface area contributed by atoms with Crippen LogP contribution in [0.5, 0.6) is 0 Å². The molecule has 1 saturated heterocycles. The number of pyridine rings is 1. The minimum absolute atomic E-state index is 0.0883. The molecule has 9 heteroatoms. The van der Waals surface area contributed by atoms with Crippen LogP contribution in [0, 0.1) is 11.7 Å². The summed E-state index contributed by atoms with van der Waals surface area (Å²) < 4.78 is 39.4. The number of nitrogens with zero attached hydrogens (tertiary/aromatic N) is 2. The molecule has 0 aliphatic carbocycles. The molecule has 0 spiro atoms. The Hall–Kier alpha value is -2.68. The Morgan fingerprint density at radius 1 is 1.19 bits per heavy atom. The van der Waals surface area contributed by atoms with Crippen molar-refractivity contribution in [2.45, 2.75) is 71.8 Å². The molecule has 1 aliphatic rings. The average molecular weight is 519 g/mol. The quantitative estimate of drug-likeness (QED) is 0.517. The Labute approximate surface area is 214 Å². The number of rotatable bonds is 8. The number of halogens is 1. The van der Waals surface area contributed by atoms with Crippen molar-refractivity contribution < 1.29 is 17.6 Å². The molecule has 1 amide bonds. The second-order valence-electron chi connectivity index (χ2n) is 10.8. The first-order valence-electron chi connectivity index (χ1n) is 12.6. The maximum atomic E-state index is 14.4. The molecule has 36 heavy (non-hydrogen) atoms. The second-order valence-corrected chi connectivity index (χ2v) is 12.6. The summed E-state index contributed by atoms with van der Waals surface area (Å²) in [7, 11) is -3.60. The van der Waals surface area contributed by atoms with E-state index in [1.54, 1.807) is 13.0 Å². The molecule has 1 fully saturated rings. The van der Waals surface area contributed by atoms with E-state index in [2.05, 4.69) is 42.6 Å². The molecule has 3 rings (SSSR count). The van der Waals surface area contributed by atoms with Gasteiger partial charge in [-0.15, -0.1) is 0 Å². The van der Waals surface area contributed by atoms with E-state index in [4.69, 9.17) is 4.98 Å². The number of sulfonamides is 1. The van der Waals surface area contributed by atoms with E-state index < -0.39 is 21.8 Å². The molecule has 0 radical (unpaired) electrons. The molecule has 1 atom stereocenters. The van der Waals surface area contributed by atoms with Gasteiger partial charge >= 0.3 is 0 Å². The standard InChI is InChI=1S/C27H39FN4O3S/c1-7-19-12-14-32(15-13-19)25-21(9-11-24(30-25)27(3,4)5)17-29-26(33)18(2)20-8-10-23(22(28)16-20)31-36(6,34)35/h8-11,16,18-19,31H,7,12-15,17H2,1-6H3,(H,29,33). The lowest BCUT2D eigenvalue weighted by Crippen LogP contribution is -2.36. The van der Waals surface area contributed by atoms with Crippen LogP contribution in [-0.4, -0.2) is 38.7 Å². The highest BCUT2D eigenvalue weighted by Gasteiger charge is 2.25. The normalized spacial score (nSPS) is 16.0. The van der Waals surface area contributed by atoms with Crippen LogP contribution in [0.1, 0.15) is 76.6 Å². The average Bonchev–Trinajstić information content (AvgIpc) is 2.82. The van der Waals surface area contributed by atoms with Gasteiger partial charge in [-0.05, 0) is 49.4 Å². The van der Waals surface area contributed by atoms with E-state index in [1.807, 2.05) is 12.1 Å². The topological polar surface area (TPSA) is 91.4 Å². The van der Waals surface area contributed by atoms with Gasteiger partial charge in [0.25, 0.3) is 0 Å². The van der Waals surface area contributed by atoms with Crippen molar-refractivity contribution >= 4 is 27.4 Å². The van der Waals surface area contributed by atoms with Crippen molar-refractivity contribution in [2.24, 2.45) is 5.92 Å². The zero-order valence-electron chi connectivity index (χ0n) is 22.2. The van der Waals surface area contributed by atoms with E-state index in [-0.39, 0.29) is 17.0 Å². The van der Waals surface area contributed by atoms with Crippen LogP contribution in [0.25, 0.3) is 0 Å². The summed E-state index contributed by atoms with van der Waals surface area (Å²) >= 11 is 0. The smallest absolute Gasteiger partial charge is 0.229 e. The van der Waals surface area contributed by atoms with Crippen molar-refractivity contribution in [2.75, 3.05) is 29.0 Å². The molecular weight excluding hydrogens is 479 g/mol. The van der Waals surface area contributed by atoms with Crippen LogP contribution in [0.4, 0.5) is 15.9 Å². The maximum absolute atomic E-state index is 14.4. The van der Waals surface area contributed by atoms with Crippen LogP contribution >= 0.6 is 0 Å². The van der Waals surface area contributed by atoms with Crippen molar-refractivity contribution in [3.8, 4) is 0 Å². The van der Waals surface area contributed by atoms with Gasteiger partial charge in [-0.2, -0.15) is 0 Å². The van der Waals surface area contributed by atoms with Gasteiger partial charge in [0.2, 0.25) is 15.9 Å². The van der Waals surface area contributed by atoms with Crippen LogP contribution in [0.15, 0.2) is 30.3 Å². The van der Waals surface area contributed by atoms with E-state index in [1.165, 1.54) is 18.6 Å². The van der Waals surface area contributed by atoms with E-state index >= 15 is 0 Å². The third kappa shape index (κ3) is 7.18. The number of benzene rings is 1. The van der Waals surface area contributed by atoms with Gasteiger partial charge in [-0.3, -0.25) is 9.52 Å². The summed E-state index contributed by atoms with van der Waals surface area (Å²) in [4.78, 5) is 20.3. The molecule has 198 valence electrons. The number of hydrogen-bond acceptors (Lipinski definition) is 5. The minimum atomic E-state index is -3.60. The van der Waals surface area contributed by atoms with Gasteiger partial charge in [0.05, 0.1) is 17.9 Å². The lowest BCUT2D eigenvalue weighted by atomic mass is 9.91. The van der Waals surface area contributed by atoms with Crippen LogP contribution in [-0.2, 0) is 26.8 Å². The fourth-order valence-electron chi connectivity index (χ4n) is 4.43. The fourth-order valence-corrected chi connectivity index (χ4v) is 4.99. The van der Waals surface area contributed by atoms with Gasteiger partial charge in [-0.1, -0.05) is 46.2 Å². The molecular formula is C27H39FN4O3S. The predicted molar refractivity (Wildman–Crippen MR) is 143 cm³/mol. The van der Waals surface area contributed by atoms with Gasteiger partial charge < -0.3 is 10.2 Å². The maximum Gasteiger partial charge on any atom is 0.229 e. The number of carbonyl (C=O) groups excluding carboxylic acids is 1. The number of nitrogens with one attached hydrogen (secondary N) is 2. The second kappa shape index (κ2) is 11.2. The van der Waals surface area contributed by atoms with Crippen molar-refractivity contribution in [1.82, 2.24) is 10.3 Å². The Kier molecular flexibility index (Phi) is 8.64. The highest BCUT2D eigenvalue weighted by molar-refractivity contribution is 7.92. The number of aromatic nitrogens is 1. The third-order valence-electron chi connectivity index (χ3n) is 6.85.